The van der Waals surface area contributed by atoms with Crippen molar-refractivity contribution in [3.63, 3.8) is 0 Å². The van der Waals surface area contributed by atoms with E-state index >= 15 is 0 Å². The number of carbonyl (C=O) groups is 1. The summed E-state index contributed by atoms with van der Waals surface area (Å²) in [4.78, 5) is 15.8. The fourth-order valence-corrected chi connectivity index (χ4v) is 3.25. The van der Waals surface area contributed by atoms with Gasteiger partial charge in [-0.15, -0.1) is 11.8 Å². The SMILES string of the molecule is CC.CC(C)C.CC(C)CC(C)(C=O)N=CN.CCc1ccc(-c2ccc(SC)cc2)cc1. The minimum Gasteiger partial charge on any atom is -0.390 e. The predicted octanol–water partition coefficient (Wildman–Crippen LogP) is 8.30. The van der Waals surface area contributed by atoms with Crippen LogP contribution in [0.15, 0.2) is 58.4 Å². The van der Waals surface area contributed by atoms with Crippen molar-refractivity contribution in [2.45, 2.75) is 85.6 Å². The van der Waals surface area contributed by atoms with Crippen molar-refractivity contribution in [2.75, 3.05) is 6.26 Å². The number of hydrogen-bond acceptors (Lipinski definition) is 3. The van der Waals surface area contributed by atoms with Gasteiger partial charge in [-0.3, -0.25) is 4.99 Å². The maximum Gasteiger partial charge on any atom is 0.147 e. The van der Waals surface area contributed by atoms with Gasteiger partial charge in [0.05, 0.1) is 6.34 Å². The van der Waals surface area contributed by atoms with Gasteiger partial charge in [-0.25, -0.2) is 0 Å². The van der Waals surface area contributed by atoms with Crippen LogP contribution in [0.1, 0.15) is 74.3 Å². The molecule has 0 aliphatic carbocycles. The molecule has 0 aliphatic heterocycles. The van der Waals surface area contributed by atoms with Crippen molar-refractivity contribution < 1.29 is 4.79 Å². The summed E-state index contributed by atoms with van der Waals surface area (Å²) in [6.07, 6.45) is 5.98. The zero-order valence-corrected chi connectivity index (χ0v) is 23.5. The molecule has 0 fully saturated rings. The van der Waals surface area contributed by atoms with Crippen LogP contribution in [0.3, 0.4) is 0 Å². The van der Waals surface area contributed by atoms with Gasteiger partial charge in [-0.2, -0.15) is 0 Å². The average molecular weight is 473 g/mol. The van der Waals surface area contributed by atoms with E-state index in [-0.39, 0.29) is 0 Å². The van der Waals surface area contributed by atoms with Gasteiger partial charge >= 0.3 is 0 Å². The highest BCUT2D eigenvalue weighted by atomic mass is 32.2. The number of aryl methyl sites for hydroxylation is 1. The van der Waals surface area contributed by atoms with E-state index in [1.165, 1.54) is 27.9 Å². The van der Waals surface area contributed by atoms with Gasteiger partial charge in [0.15, 0.2) is 0 Å². The van der Waals surface area contributed by atoms with Crippen LogP contribution in [0.25, 0.3) is 11.1 Å². The third-order valence-corrected chi connectivity index (χ3v) is 4.97. The lowest BCUT2D eigenvalue weighted by molar-refractivity contribution is -0.112. The van der Waals surface area contributed by atoms with E-state index in [1.807, 2.05) is 27.7 Å². The molecule has 0 heterocycles. The fraction of sp³-hybridized carbons (Fsp3) is 0.517. The molecule has 0 aromatic heterocycles. The molecule has 1 unspecified atom stereocenters. The Morgan fingerprint density at radius 3 is 1.67 bits per heavy atom. The Morgan fingerprint density at radius 2 is 1.36 bits per heavy atom. The number of aldehydes is 1. The first kappa shape index (κ1) is 33.1. The first-order valence-corrected chi connectivity index (χ1v) is 13.3. The summed E-state index contributed by atoms with van der Waals surface area (Å²) in [7, 11) is 0. The minimum atomic E-state index is -0.622. The molecule has 0 aliphatic rings. The number of aliphatic imine (C=N–C) groups is 1. The molecule has 2 aromatic rings. The summed E-state index contributed by atoms with van der Waals surface area (Å²) in [5.41, 5.74) is 8.47. The lowest BCUT2D eigenvalue weighted by atomic mass is 9.93. The highest BCUT2D eigenvalue weighted by Crippen LogP contribution is 2.23. The molecular formula is C29H48N2OS. The normalized spacial score (nSPS) is 12.0. The molecule has 0 bridgehead atoms. The van der Waals surface area contributed by atoms with Crippen molar-refractivity contribution in [3.05, 3.63) is 54.1 Å². The van der Waals surface area contributed by atoms with Crippen LogP contribution >= 0.6 is 11.8 Å². The highest BCUT2D eigenvalue weighted by molar-refractivity contribution is 7.98. The number of thioether (sulfide) groups is 1. The van der Waals surface area contributed by atoms with Crippen LogP contribution < -0.4 is 5.73 Å². The van der Waals surface area contributed by atoms with Crippen LogP contribution in [-0.4, -0.2) is 24.4 Å². The molecule has 1 atom stereocenters. The zero-order valence-electron chi connectivity index (χ0n) is 22.7. The summed E-state index contributed by atoms with van der Waals surface area (Å²) in [6.45, 7) is 18.6. The van der Waals surface area contributed by atoms with E-state index in [1.54, 1.807) is 18.7 Å². The third-order valence-electron chi connectivity index (χ3n) is 4.23. The quantitative estimate of drug-likeness (QED) is 0.191. The molecule has 0 spiro atoms. The number of nitrogens with two attached hydrogens (primary N) is 1. The number of benzene rings is 2. The second kappa shape index (κ2) is 19.4. The molecule has 0 saturated carbocycles. The maximum absolute atomic E-state index is 10.6. The lowest BCUT2D eigenvalue weighted by Crippen LogP contribution is -2.27. The first-order valence-electron chi connectivity index (χ1n) is 12.1. The standard InChI is InChI=1S/C15H16S.C8H16N2O.C4H10.C2H6/c1-3-12-4-6-13(7-5-12)14-8-10-15(16-2)11-9-14;1-7(2)4-8(3,5-11)10-6-9;1-4(2)3;1-2/h4-11H,3H2,1-2H3;5-7H,4H2,1-3H3,(H2,9,10);4H,1-3H3;1-2H3. The fourth-order valence-electron chi connectivity index (χ4n) is 2.84. The van der Waals surface area contributed by atoms with Crippen LogP contribution in [0.5, 0.6) is 0 Å². The van der Waals surface area contributed by atoms with E-state index in [0.717, 1.165) is 25.0 Å². The molecule has 33 heavy (non-hydrogen) atoms. The van der Waals surface area contributed by atoms with Gasteiger partial charge in [0.1, 0.15) is 11.8 Å². The number of carbonyl (C=O) groups excluding carboxylic acids is 1. The largest absolute Gasteiger partial charge is 0.390 e. The molecule has 0 radical (unpaired) electrons. The molecule has 0 amide bonds. The average Bonchev–Trinajstić information content (AvgIpc) is 2.80. The van der Waals surface area contributed by atoms with E-state index < -0.39 is 5.54 Å². The summed E-state index contributed by atoms with van der Waals surface area (Å²) in [6, 6.07) is 17.5. The van der Waals surface area contributed by atoms with Gasteiger partial charge in [-0.1, -0.05) is 91.8 Å². The molecule has 2 aromatic carbocycles. The smallest absolute Gasteiger partial charge is 0.147 e. The molecular weight excluding hydrogens is 424 g/mol. The summed E-state index contributed by atoms with van der Waals surface area (Å²) >= 11 is 1.78. The molecule has 0 saturated heterocycles. The molecule has 3 nitrogen and oxygen atoms in total. The van der Waals surface area contributed by atoms with Crippen molar-refractivity contribution in [3.8, 4) is 11.1 Å². The molecule has 2 rings (SSSR count). The second-order valence-electron chi connectivity index (χ2n) is 8.86. The van der Waals surface area contributed by atoms with E-state index in [9.17, 15) is 4.79 Å². The Labute approximate surface area is 208 Å². The Balaban J connectivity index is 0. The molecule has 4 heteroatoms. The summed E-state index contributed by atoms with van der Waals surface area (Å²) in [5, 5.41) is 0. The minimum absolute atomic E-state index is 0.453. The monoisotopic (exact) mass is 472 g/mol. The van der Waals surface area contributed by atoms with Crippen molar-refractivity contribution in [1.29, 1.82) is 0 Å². The molecule has 2 N–H and O–H groups in total. The number of nitrogens with zero attached hydrogens (tertiary/aromatic N) is 1. The van der Waals surface area contributed by atoms with E-state index in [0.29, 0.717) is 5.92 Å². The van der Waals surface area contributed by atoms with Gasteiger partial charge in [0, 0.05) is 4.90 Å². The lowest BCUT2D eigenvalue weighted by Gasteiger charge is -2.19. The van der Waals surface area contributed by atoms with Crippen molar-refractivity contribution in [1.82, 2.24) is 0 Å². The zero-order chi connectivity index (χ0) is 25.9. The number of rotatable bonds is 7. The summed E-state index contributed by atoms with van der Waals surface area (Å²) < 4.78 is 0. The Hall–Kier alpha value is -2.07. The van der Waals surface area contributed by atoms with E-state index in [2.05, 4.69) is 87.5 Å². The Kier molecular flexibility index (Phi) is 19.5. The Morgan fingerprint density at radius 1 is 0.939 bits per heavy atom. The van der Waals surface area contributed by atoms with Crippen LogP contribution in [-0.2, 0) is 11.2 Å². The van der Waals surface area contributed by atoms with Crippen molar-refractivity contribution >= 4 is 24.4 Å². The van der Waals surface area contributed by atoms with Crippen LogP contribution in [0.4, 0.5) is 0 Å². The van der Waals surface area contributed by atoms with Crippen LogP contribution in [0, 0.1) is 11.8 Å². The predicted molar refractivity (Wildman–Crippen MR) is 152 cm³/mol. The highest BCUT2D eigenvalue weighted by Gasteiger charge is 2.22. The second-order valence-corrected chi connectivity index (χ2v) is 9.74. The van der Waals surface area contributed by atoms with Crippen molar-refractivity contribution in [2.24, 2.45) is 22.6 Å². The van der Waals surface area contributed by atoms with Gasteiger partial charge in [0.2, 0.25) is 0 Å². The number of hydrogen-bond donors (Lipinski definition) is 1. The maximum atomic E-state index is 10.6. The first-order chi connectivity index (χ1) is 15.6. The molecule has 186 valence electrons. The Bertz CT molecular complexity index is 704. The topological polar surface area (TPSA) is 55.5 Å². The van der Waals surface area contributed by atoms with Gasteiger partial charge < -0.3 is 10.5 Å². The third kappa shape index (κ3) is 16.2. The summed E-state index contributed by atoms with van der Waals surface area (Å²) in [5.74, 6) is 1.29. The van der Waals surface area contributed by atoms with Gasteiger partial charge in [0.25, 0.3) is 0 Å². The van der Waals surface area contributed by atoms with Crippen LogP contribution in [0.2, 0.25) is 0 Å². The van der Waals surface area contributed by atoms with Gasteiger partial charge in [-0.05, 0) is 66.7 Å². The van der Waals surface area contributed by atoms with E-state index in [4.69, 9.17) is 5.73 Å².